The fraction of sp³-hybridized carbons (Fsp3) is 0.611. The van der Waals surface area contributed by atoms with Crippen molar-refractivity contribution in [1.29, 1.82) is 0 Å². The zero-order valence-corrected chi connectivity index (χ0v) is 14.9. The van der Waals surface area contributed by atoms with Gasteiger partial charge in [-0.15, -0.1) is 0 Å². The van der Waals surface area contributed by atoms with Crippen molar-refractivity contribution in [3.63, 3.8) is 0 Å². The number of benzene rings is 1. The molecular weight excluding hydrogens is 307 g/mol. The third-order valence-electron chi connectivity index (χ3n) is 4.42. The highest BCUT2D eigenvalue weighted by Gasteiger charge is 2.23. The number of aliphatic imine (C=N–C) groups is 1. The van der Waals surface area contributed by atoms with Crippen LogP contribution in [0.2, 0.25) is 0 Å². The predicted octanol–water partition coefficient (Wildman–Crippen LogP) is 2.16. The summed E-state index contributed by atoms with van der Waals surface area (Å²) in [6.07, 6.45) is 1.03. The molecule has 0 amide bonds. The molecule has 1 aromatic carbocycles. The summed E-state index contributed by atoms with van der Waals surface area (Å²) < 4.78 is 18.7. The van der Waals surface area contributed by atoms with Crippen LogP contribution in [0.25, 0.3) is 0 Å². The third-order valence-corrected chi connectivity index (χ3v) is 4.42. The Kier molecular flexibility index (Phi) is 7.46. The van der Waals surface area contributed by atoms with Crippen LogP contribution in [-0.4, -0.2) is 56.8 Å². The molecule has 1 aliphatic rings. The summed E-state index contributed by atoms with van der Waals surface area (Å²) >= 11 is 0. The van der Waals surface area contributed by atoms with E-state index >= 15 is 0 Å². The molecule has 0 aromatic heterocycles. The first-order chi connectivity index (χ1) is 11.6. The van der Waals surface area contributed by atoms with Gasteiger partial charge in [0.1, 0.15) is 5.82 Å². The van der Waals surface area contributed by atoms with Crippen molar-refractivity contribution in [2.75, 3.05) is 39.9 Å². The van der Waals surface area contributed by atoms with E-state index in [9.17, 15) is 4.39 Å². The number of nitrogens with one attached hydrogen (secondary N) is 2. The van der Waals surface area contributed by atoms with E-state index in [1.165, 1.54) is 12.1 Å². The van der Waals surface area contributed by atoms with E-state index in [4.69, 9.17) is 4.74 Å². The van der Waals surface area contributed by atoms with E-state index in [0.29, 0.717) is 12.6 Å². The molecule has 5 nitrogen and oxygen atoms in total. The van der Waals surface area contributed by atoms with Crippen molar-refractivity contribution in [3.05, 3.63) is 35.6 Å². The molecule has 2 rings (SSSR count). The van der Waals surface area contributed by atoms with Crippen LogP contribution >= 0.6 is 0 Å². The minimum Gasteiger partial charge on any atom is -0.379 e. The Hall–Kier alpha value is -1.66. The van der Waals surface area contributed by atoms with Crippen molar-refractivity contribution in [1.82, 2.24) is 15.5 Å². The van der Waals surface area contributed by atoms with Gasteiger partial charge in [-0.1, -0.05) is 19.1 Å². The number of hydrogen-bond donors (Lipinski definition) is 2. The van der Waals surface area contributed by atoms with Crippen molar-refractivity contribution >= 4 is 5.96 Å². The smallest absolute Gasteiger partial charge is 0.191 e. The molecule has 0 saturated carbocycles. The molecule has 1 heterocycles. The zero-order valence-electron chi connectivity index (χ0n) is 14.9. The normalized spacial score (nSPS) is 18.9. The molecule has 1 aliphatic heterocycles. The van der Waals surface area contributed by atoms with Gasteiger partial charge in [0.05, 0.1) is 19.3 Å². The largest absolute Gasteiger partial charge is 0.379 e. The lowest BCUT2D eigenvalue weighted by Gasteiger charge is -2.35. The Morgan fingerprint density at radius 2 is 1.96 bits per heavy atom. The maximum Gasteiger partial charge on any atom is 0.191 e. The molecule has 0 radical (unpaired) electrons. The highest BCUT2D eigenvalue weighted by atomic mass is 19.1. The molecule has 2 unspecified atom stereocenters. The second-order valence-electron chi connectivity index (χ2n) is 6.12. The van der Waals surface area contributed by atoms with Gasteiger partial charge in [-0.25, -0.2) is 4.39 Å². The predicted molar refractivity (Wildman–Crippen MR) is 95.8 cm³/mol. The van der Waals surface area contributed by atoms with Gasteiger partial charge in [0.15, 0.2) is 5.96 Å². The number of ether oxygens (including phenoxy) is 1. The minimum atomic E-state index is -0.207. The Bertz CT molecular complexity index is 514. The molecule has 134 valence electrons. The van der Waals surface area contributed by atoms with E-state index in [-0.39, 0.29) is 11.9 Å². The SMILES string of the molecule is CCC(C)NC(=NC)NCC(c1ccc(F)cc1)N1CCOCC1. The minimum absolute atomic E-state index is 0.157. The van der Waals surface area contributed by atoms with E-state index in [1.54, 1.807) is 7.05 Å². The van der Waals surface area contributed by atoms with Gasteiger partial charge in [-0.2, -0.15) is 0 Å². The Balaban J connectivity index is 2.06. The topological polar surface area (TPSA) is 48.9 Å². The molecule has 1 saturated heterocycles. The molecule has 1 aromatic rings. The fourth-order valence-corrected chi connectivity index (χ4v) is 2.76. The zero-order chi connectivity index (χ0) is 17.4. The van der Waals surface area contributed by atoms with Crippen LogP contribution in [0.3, 0.4) is 0 Å². The number of rotatable bonds is 6. The van der Waals surface area contributed by atoms with Gasteiger partial charge in [-0.3, -0.25) is 9.89 Å². The maximum absolute atomic E-state index is 13.3. The van der Waals surface area contributed by atoms with Crippen LogP contribution in [-0.2, 0) is 4.74 Å². The first-order valence-electron chi connectivity index (χ1n) is 8.68. The van der Waals surface area contributed by atoms with Crippen molar-refractivity contribution in [2.24, 2.45) is 4.99 Å². The first kappa shape index (κ1) is 18.7. The van der Waals surface area contributed by atoms with Crippen LogP contribution in [0.1, 0.15) is 31.9 Å². The lowest BCUT2D eigenvalue weighted by Crippen LogP contribution is -2.47. The summed E-state index contributed by atoms with van der Waals surface area (Å²) in [6.45, 7) is 8.20. The van der Waals surface area contributed by atoms with E-state index in [2.05, 4.69) is 34.4 Å². The molecule has 0 aliphatic carbocycles. The maximum atomic E-state index is 13.3. The van der Waals surface area contributed by atoms with Crippen LogP contribution < -0.4 is 10.6 Å². The molecule has 0 bridgehead atoms. The summed E-state index contributed by atoms with van der Waals surface area (Å²) in [5.41, 5.74) is 1.10. The molecule has 0 spiro atoms. The van der Waals surface area contributed by atoms with Crippen LogP contribution in [0.15, 0.2) is 29.3 Å². The highest BCUT2D eigenvalue weighted by Crippen LogP contribution is 2.21. The van der Waals surface area contributed by atoms with Crippen molar-refractivity contribution in [3.8, 4) is 0 Å². The van der Waals surface area contributed by atoms with Gasteiger partial charge in [0.2, 0.25) is 0 Å². The highest BCUT2D eigenvalue weighted by molar-refractivity contribution is 5.79. The first-order valence-corrected chi connectivity index (χ1v) is 8.68. The van der Waals surface area contributed by atoms with Gasteiger partial charge in [-0.05, 0) is 31.0 Å². The average molecular weight is 336 g/mol. The lowest BCUT2D eigenvalue weighted by molar-refractivity contribution is 0.0170. The number of morpholine rings is 1. The van der Waals surface area contributed by atoms with Crippen molar-refractivity contribution < 1.29 is 9.13 Å². The number of guanidine groups is 1. The van der Waals surface area contributed by atoms with Gasteiger partial charge in [0, 0.05) is 32.7 Å². The van der Waals surface area contributed by atoms with Crippen LogP contribution in [0, 0.1) is 5.82 Å². The van der Waals surface area contributed by atoms with E-state index < -0.39 is 0 Å². The summed E-state index contributed by atoms with van der Waals surface area (Å²) in [7, 11) is 1.78. The third kappa shape index (κ3) is 5.46. The number of halogens is 1. The summed E-state index contributed by atoms with van der Waals surface area (Å²) in [5, 5.41) is 6.78. The monoisotopic (exact) mass is 336 g/mol. The molecule has 2 atom stereocenters. The van der Waals surface area contributed by atoms with Gasteiger partial charge < -0.3 is 15.4 Å². The molecule has 1 fully saturated rings. The van der Waals surface area contributed by atoms with Crippen LogP contribution in [0.4, 0.5) is 4.39 Å². The fourth-order valence-electron chi connectivity index (χ4n) is 2.76. The molecule has 2 N–H and O–H groups in total. The van der Waals surface area contributed by atoms with E-state index in [0.717, 1.165) is 44.2 Å². The average Bonchev–Trinajstić information content (AvgIpc) is 2.63. The summed E-state index contributed by atoms with van der Waals surface area (Å²) in [5.74, 6) is 0.589. The van der Waals surface area contributed by atoms with Crippen LogP contribution in [0.5, 0.6) is 0 Å². The lowest BCUT2D eigenvalue weighted by atomic mass is 10.0. The Labute approximate surface area is 144 Å². The standard InChI is InChI=1S/C18H29FN4O/c1-4-14(2)22-18(20-3)21-13-17(23-9-11-24-12-10-23)15-5-7-16(19)8-6-15/h5-8,14,17H,4,9-13H2,1-3H3,(H2,20,21,22). The van der Waals surface area contributed by atoms with E-state index in [1.807, 2.05) is 12.1 Å². The second kappa shape index (κ2) is 9.59. The van der Waals surface area contributed by atoms with Gasteiger partial charge in [0.25, 0.3) is 0 Å². The van der Waals surface area contributed by atoms with Crippen molar-refractivity contribution in [2.45, 2.75) is 32.4 Å². The molecular formula is C18H29FN4O. The Morgan fingerprint density at radius 1 is 1.29 bits per heavy atom. The molecule has 24 heavy (non-hydrogen) atoms. The second-order valence-corrected chi connectivity index (χ2v) is 6.12. The summed E-state index contributed by atoms with van der Waals surface area (Å²) in [6, 6.07) is 7.29. The number of nitrogens with zero attached hydrogens (tertiary/aromatic N) is 2. The quantitative estimate of drug-likeness (QED) is 0.617. The molecule has 6 heteroatoms. The Morgan fingerprint density at radius 3 is 2.54 bits per heavy atom. The van der Waals surface area contributed by atoms with Gasteiger partial charge >= 0.3 is 0 Å². The summed E-state index contributed by atoms with van der Waals surface area (Å²) in [4.78, 5) is 6.67. The number of hydrogen-bond acceptors (Lipinski definition) is 3.